The molecule has 6 nitrogen and oxygen atoms in total. The zero-order valence-electron chi connectivity index (χ0n) is 17.4. The van der Waals surface area contributed by atoms with E-state index in [1.165, 1.54) is 12.1 Å². The summed E-state index contributed by atoms with van der Waals surface area (Å²) in [6.07, 6.45) is 1.34. The van der Waals surface area contributed by atoms with Crippen molar-refractivity contribution in [3.63, 3.8) is 0 Å². The van der Waals surface area contributed by atoms with Crippen LogP contribution >= 0.6 is 15.9 Å². The highest BCUT2D eigenvalue weighted by molar-refractivity contribution is 9.10. The summed E-state index contributed by atoms with van der Waals surface area (Å²) < 4.78 is 19.7. The van der Waals surface area contributed by atoms with E-state index < -0.39 is 17.6 Å². The molecule has 32 heavy (non-hydrogen) atoms. The summed E-state index contributed by atoms with van der Waals surface area (Å²) in [6, 6.07) is 11.7. The maximum absolute atomic E-state index is 13.5. The first-order valence-electron chi connectivity index (χ1n) is 10.7. The molecule has 3 amide bonds. The summed E-state index contributed by atoms with van der Waals surface area (Å²) in [5.74, 6) is -1.09. The molecular weight excluding hydrogens is 479 g/mol. The number of carbonyl (C=O) groups excluding carboxylic acids is 3. The lowest BCUT2D eigenvalue weighted by Gasteiger charge is -2.30. The minimum Gasteiger partial charge on any atom is -0.427 e. The molecule has 0 bridgehead atoms. The standard InChI is InChI=1S/C24H22BrFN2O4/c1-13-2-9-20(14-3-6-17(26)7-4-14)28(13)21(29)10-15-12-24(22(30)27-23(31)32-24)19-8-5-16(25)11-18(15)19/h3-8,11,13,15,20H,2,9-10,12H2,1H3,(H,27,30,31)/t13-,15?,20-,24+/m0/s1. The summed E-state index contributed by atoms with van der Waals surface area (Å²) in [5.41, 5.74) is 0.999. The zero-order valence-corrected chi connectivity index (χ0v) is 19.0. The third-order valence-electron chi connectivity index (χ3n) is 6.90. The average molecular weight is 501 g/mol. The van der Waals surface area contributed by atoms with Gasteiger partial charge in [-0.2, -0.15) is 0 Å². The molecule has 2 fully saturated rings. The van der Waals surface area contributed by atoms with Crippen LogP contribution in [0.15, 0.2) is 46.9 Å². The molecule has 0 saturated carbocycles. The topological polar surface area (TPSA) is 75.7 Å². The molecule has 3 aliphatic rings. The highest BCUT2D eigenvalue weighted by atomic mass is 79.9. The Labute approximate surface area is 193 Å². The van der Waals surface area contributed by atoms with Gasteiger partial charge < -0.3 is 9.64 Å². The molecule has 8 heteroatoms. The number of nitrogens with one attached hydrogen (secondary N) is 1. The van der Waals surface area contributed by atoms with E-state index in [2.05, 4.69) is 21.2 Å². The lowest BCUT2D eigenvalue weighted by Crippen LogP contribution is -2.37. The van der Waals surface area contributed by atoms with E-state index in [4.69, 9.17) is 4.74 Å². The summed E-state index contributed by atoms with van der Waals surface area (Å²) in [4.78, 5) is 39.9. The van der Waals surface area contributed by atoms with Crippen molar-refractivity contribution in [2.75, 3.05) is 0 Å². The molecule has 0 aromatic heterocycles. The van der Waals surface area contributed by atoms with Gasteiger partial charge in [-0.25, -0.2) is 9.18 Å². The molecule has 2 aromatic rings. The Hall–Kier alpha value is -2.74. The first-order chi connectivity index (χ1) is 15.3. The van der Waals surface area contributed by atoms with Crippen LogP contribution in [0.25, 0.3) is 0 Å². The number of hydrogen-bond acceptors (Lipinski definition) is 4. The van der Waals surface area contributed by atoms with Crippen molar-refractivity contribution < 1.29 is 23.5 Å². The van der Waals surface area contributed by atoms with Gasteiger partial charge in [0.1, 0.15) is 5.82 Å². The van der Waals surface area contributed by atoms with Crippen molar-refractivity contribution in [2.45, 2.75) is 56.2 Å². The third kappa shape index (κ3) is 3.32. The van der Waals surface area contributed by atoms with Crippen molar-refractivity contribution >= 4 is 33.8 Å². The number of ether oxygens (including phenoxy) is 1. The molecule has 2 saturated heterocycles. The Bertz CT molecular complexity index is 1120. The van der Waals surface area contributed by atoms with Crippen molar-refractivity contribution in [2.24, 2.45) is 0 Å². The predicted molar refractivity (Wildman–Crippen MR) is 117 cm³/mol. The van der Waals surface area contributed by atoms with Gasteiger partial charge in [-0.3, -0.25) is 14.9 Å². The fourth-order valence-electron chi connectivity index (χ4n) is 5.46. The molecular formula is C24H22BrFN2O4. The average Bonchev–Trinajstić information content (AvgIpc) is 3.36. The summed E-state index contributed by atoms with van der Waals surface area (Å²) in [5, 5.41) is 2.24. The van der Waals surface area contributed by atoms with Gasteiger partial charge in [-0.15, -0.1) is 0 Å². The van der Waals surface area contributed by atoms with Crippen LogP contribution in [0.3, 0.4) is 0 Å². The van der Waals surface area contributed by atoms with Gasteiger partial charge in [0.25, 0.3) is 5.91 Å². The monoisotopic (exact) mass is 500 g/mol. The summed E-state index contributed by atoms with van der Waals surface area (Å²) in [6.45, 7) is 2.02. The molecule has 1 unspecified atom stereocenters. The lowest BCUT2D eigenvalue weighted by molar-refractivity contribution is -0.136. The third-order valence-corrected chi connectivity index (χ3v) is 7.40. The van der Waals surface area contributed by atoms with Crippen LogP contribution in [-0.4, -0.2) is 28.8 Å². The summed E-state index contributed by atoms with van der Waals surface area (Å²) in [7, 11) is 0. The van der Waals surface area contributed by atoms with E-state index in [9.17, 15) is 18.8 Å². The Morgan fingerprint density at radius 1 is 1.22 bits per heavy atom. The largest absolute Gasteiger partial charge is 0.427 e. The number of fused-ring (bicyclic) bond motifs is 2. The van der Waals surface area contributed by atoms with Crippen LogP contribution in [-0.2, 0) is 19.9 Å². The molecule has 166 valence electrons. The Kier molecular flexibility index (Phi) is 5.08. The van der Waals surface area contributed by atoms with Gasteiger partial charge in [0.2, 0.25) is 11.5 Å². The second-order valence-corrected chi connectivity index (χ2v) is 9.72. The van der Waals surface area contributed by atoms with Gasteiger partial charge >= 0.3 is 6.09 Å². The van der Waals surface area contributed by atoms with Gasteiger partial charge in [0.15, 0.2) is 0 Å². The fraction of sp³-hybridized carbons (Fsp3) is 0.375. The molecule has 1 aliphatic carbocycles. The Morgan fingerprint density at radius 2 is 1.97 bits per heavy atom. The minimum atomic E-state index is -1.38. The maximum atomic E-state index is 13.5. The number of likely N-dealkylation sites (tertiary alicyclic amines) is 1. The highest BCUT2D eigenvalue weighted by Gasteiger charge is 2.57. The maximum Gasteiger partial charge on any atom is 0.415 e. The van der Waals surface area contributed by atoms with E-state index >= 15 is 0 Å². The number of benzene rings is 2. The van der Waals surface area contributed by atoms with Crippen LogP contribution in [0, 0.1) is 5.82 Å². The van der Waals surface area contributed by atoms with Crippen LogP contribution in [0.1, 0.15) is 61.3 Å². The van der Waals surface area contributed by atoms with Gasteiger partial charge in [0.05, 0.1) is 6.04 Å². The van der Waals surface area contributed by atoms with Crippen LogP contribution in [0.2, 0.25) is 0 Å². The number of alkyl carbamates (subject to hydrolysis) is 1. The number of rotatable bonds is 3. The molecule has 4 atom stereocenters. The van der Waals surface area contributed by atoms with Gasteiger partial charge in [-0.1, -0.05) is 34.1 Å². The van der Waals surface area contributed by atoms with E-state index in [1.54, 1.807) is 24.3 Å². The summed E-state index contributed by atoms with van der Waals surface area (Å²) >= 11 is 3.47. The van der Waals surface area contributed by atoms with Crippen LogP contribution in [0.4, 0.5) is 9.18 Å². The molecule has 2 aromatic carbocycles. The number of carbonyl (C=O) groups is 3. The first kappa shape index (κ1) is 21.1. The van der Waals surface area contributed by atoms with Crippen LogP contribution < -0.4 is 5.32 Å². The second kappa shape index (κ2) is 7.69. The molecule has 0 radical (unpaired) electrons. The molecule has 2 aliphatic heterocycles. The quantitative estimate of drug-likeness (QED) is 0.663. The second-order valence-electron chi connectivity index (χ2n) is 8.80. The Morgan fingerprint density at radius 3 is 2.66 bits per heavy atom. The van der Waals surface area contributed by atoms with Crippen molar-refractivity contribution in [3.05, 3.63) is 69.4 Å². The van der Waals surface area contributed by atoms with E-state index in [0.29, 0.717) is 5.56 Å². The van der Waals surface area contributed by atoms with E-state index in [0.717, 1.165) is 28.4 Å². The number of halogens is 2. The van der Waals surface area contributed by atoms with E-state index in [-0.39, 0.29) is 42.6 Å². The molecule has 1 N–H and O–H groups in total. The Balaban J connectivity index is 1.44. The van der Waals surface area contributed by atoms with Gasteiger partial charge in [-0.05, 0) is 61.1 Å². The van der Waals surface area contributed by atoms with Crippen LogP contribution in [0.5, 0.6) is 0 Å². The minimum absolute atomic E-state index is 0.0259. The van der Waals surface area contributed by atoms with Gasteiger partial charge in [0, 0.05) is 28.9 Å². The number of nitrogens with zero attached hydrogens (tertiary/aromatic N) is 1. The highest BCUT2D eigenvalue weighted by Crippen LogP contribution is 2.51. The first-order valence-corrected chi connectivity index (χ1v) is 11.5. The fourth-order valence-corrected chi connectivity index (χ4v) is 5.83. The lowest BCUT2D eigenvalue weighted by atomic mass is 9.93. The number of imide groups is 1. The zero-order chi connectivity index (χ0) is 22.6. The normalized spacial score (nSPS) is 28.7. The van der Waals surface area contributed by atoms with Crippen molar-refractivity contribution in [1.29, 1.82) is 0 Å². The molecule has 5 rings (SSSR count). The number of amides is 3. The van der Waals surface area contributed by atoms with E-state index in [1.807, 2.05) is 17.9 Å². The number of hydrogen-bond donors (Lipinski definition) is 1. The molecule has 1 spiro atoms. The molecule has 2 heterocycles. The van der Waals surface area contributed by atoms with Crippen molar-refractivity contribution in [3.8, 4) is 0 Å². The SMILES string of the molecule is C[C@H]1CC[C@@H](c2ccc(F)cc2)N1C(=O)CC1C[C@@]2(OC(=O)NC2=O)c2ccc(Br)cc21. The smallest absolute Gasteiger partial charge is 0.415 e. The predicted octanol–water partition coefficient (Wildman–Crippen LogP) is 4.68. The van der Waals surface area contributed by atoms with Crippen molar-refractivity contribution in [1.82, 2.24) is 10.2 Å².